The van der Waals surface area contributed by atoms with Crippen molar-refractivity contribution in [2.45, 2.75) is 63.8 Å². The van der Waals surface area contributed by atoms with Crippen molar-refractivity contribution < 1.29 is 9.59 Å². The summed E-state index contributed by atoms with van der Waals surface area (Å²) in [6.07, 6.45) is 10.2. The molecule has 4 atom stereocenters. The topological polar surface area (TPSA) is 40.6 Å². The number of fused-ring (bicyclic) bond motifs is 2. The molecule has 0 radical (unpaired) electrons. The first kappa shape index (κ1) is 14.5. The second kappa shape index (κ2) is 5.86. The number of hydrogen-bond acceptors (Lipinski definition) is 2. The number of nitrogens with zero attached hydrogens (tertiary/aromatic N) is 2. The number of hydrogen-bond donors (Lipinski definition) is 0. The molecular weight excluding hydrogens is 276 g/mol. The van der Waals surface area contributed by atoms with Gasteiger partial charge in [-0.05, 0) is 56.8 Å². The standard InChI is InChI=1S/C18H28N2O2/c21-17-5-3-8-19(17)12-15-4-1-2-9-20(15)18(22)16-11-13-6-7-14(16)10-13/h13-16H,1-12H2/t13-,14-,15+,16-/m0/s1. The maximum absolute atomic E-state index is 13.1. The molecule has 0 N–H and O–H groups in total. The minimum absolute atomic E-state index is 0.280. The van der Waals surface area contributed by atoms with E-state index in [1.54, 1.807) is 0 Å². The first-order valence-corrected chi connectivity index (χ1v) is 9.30. The molecule has 4 aliphatic rings. The van der Waals surface area contributed by atoms with Gasteiger partial charge in [-0.1, -0.05) is 6.42 Å². The molecule has 4 heteroatoms. The molecule has 0 aromatic heterocycles. The summed E-state index contributed by atoms with van der Waals surface area (Å²) in [5, 5.41) is 0. The van der Waals surface area contributed by atoms with Crippen LogP contribution in [0, 0.1) is 17.8 Å². The van der Waals surface area contributed by atoms with Crippen molar-refractivity contribution in [3.05, 3.63) is 0 Å². The van der Waals surface area contributed by atoms with Crippen molar-refractivity contribution >= 4 is 11.8 Å². The number of amides is 2. The Bertz CT molecular complexity index is 464. The van der Waals surface area contributed by atoms with Gasteiger partial charge in [-0.15, -0.1) is 0 Å². The van der Waals surface area contributed by atoms with E-state index in [4.69, 9.17) is 0 Å². The molecule has 2 aliphatic carbocycles. The Morgan fingerprint density at radius 3 is 2.64 bits per heavy atom. The summed E-state index contributed by atoms with van der Waals surface area (Å²) in [5.74, 6) is 2.49. The predicted octanol–water partition coefficient (Wildman–Crippen LogP) is 2.43. The lowest BCUT2D eigenvalue weighted by Crippen LogP contribution is -2.52. The van der Waals surface area contributed by atoms with E-state index in [2.05, 4.69) is 4.90 Å². The summed E-state index contributed by atoms with van der Waals surface area (Å²) in [6.45, 7) is 2.59. The van der Waals surface area contributed by atoms with Gasteiger partial charge in [-0.2, -0.15) is 0 Å². The third-order valence-corrected chi connectivity index (χ3v) is 6.57. The van der Waals surface area contributed by atoms with Crippen LogP contribution in [0.3, 0.4) is 0 Å². The van der Waals surface area contributed by atoms with Crippen LogP contribution in [-0.2, 0) is 9.59 Å². The highest BCUT2D eigenvalue weighted by Crippen LogP contribution is 2.49. The molecule has 122 valence electrons. The van der Waals surface area contributed by atoms with Crippen LogP contribution >= 0.6 is 0 Å². The van der Waals surface area contributed by atoms with Gasteiger partial charge in [0.05, 0.1) is 0 Å². The third kappa shape index (κ3) is 2.55. The van der Waals surface area contributed by atoms with Crippen LogP contribution in [-0.4, -0.2) is 47.3 Å². The van der Waals surface area contributed by atoms with Crippen LogP contribution in [0.1, 0.15) is 57.8 Å². The molecule has 0 spiro atoms. The highest BCUT2D eigenvalue weighted by atomic mass is 16.2. The number of likely N-dealkylation sites (tertiary alicyclic amines) is 2. The number of rotatable bonds is 3. The minimum atomic E-state index is 0.280. The van der Waals surface area contributed by atoms with Gasteiger partial charge in [-0.3, -0.25) is 9.59 Å². The Labute approximate surface area is 133 Å². The molecule has 0 unspecified atom stereocenters. The molecular formula is C18H28N2O2. The van der Waals surface area contributed by atoms with E-state index in [1.165, 1.54) is 25.7 Å². The van der Waals surface area contributed by atoms with E-state index < -0.39 is 0 Å². The smallest absolute Gasteiger partial charge is 0.226 e. The van der Waals surface area contributed by atoms with E-state index in [0.29, 0.717) is 24.2 Å². The van der Waals surface area contributed by atoms with E-state index in [0.717, 1.165) is 51.2 Å². The fourth-order valence-electron chi connectivity index (χ4n) is 5.39. The normalized spacial score (nSPS) is 38.1. The maximum atomic E-state index is 13.1. The highest BCUT2D eigenvalue weighted by Gasteiger charge is 2.45. The number of carbonyl (C=O) groups excluding carboxylic acids is 2. The van der Waals surface area contributed by atoms with Gasteiger partial charge in [0, 0.05) is 38.0 Å². The second-order valence-electron chi connectivity index (χ2n) is 7.91. The Hall–Kier alpha value is -1.06. The molecule has 2 saturated heterocycles. The van der Waals surface area contributed by atoms with Gasteiger partial charge in [-0.25, -0.2) is 0 Å². The summed E-state index contributed by atoms with van der Waals surface area (Å²) in [6, 6.07) is 0.280. The van der Waals surface area contributed by atoms with Crippen molar-refractivity contribution in [3.63, 3.8) is 0 Å². The van der Waals surface area contributed by atoms with Gasteiger partial charge in [0.1, 0.15) is 0 Å². The Balaban J connectivity index is 1.43. The monoisotopic (exact) mass is 304 g/mol. The van der Waals surface area contributed by atoms with Crippen molar-refractivity contribution in [3.8, 4) is 0 Å². The van der Waals surface area contributed by atoms with Crippen molar-refractivity contribution in [2.75, 3.05) is 19.6 Å². The average molecular weight is 304 g/mol. The van der Waals surface area contributed by atoms with E-state index in [1.807, 2.05) is 4.90 Å². The van der Waals surface area contributed by atoms with Gasteiger partial charge >= 0.3 is 0 Å². The Morgan fingerprint density at radius 2 is 1.95 bits per heavy atom. The number of carbonyl (C=O) groups is 2. The van der Waals surface area contributed by atoms with Gasteiger partial charge in [0.25, 0.3) is 0 Å². The zero-order chi connectivity index (χ0) is 15.1. The molecule has 2 heterocycles. The lowest BCUT2D eigenvalue weighted by Gasteiger charge is -2.40. The van der Waals surface area contributed by atoms with Gasteiger partial charge in [0.2, 0.25) is 11.8 Å². The molecule has 2 aliphatic heterocycles. The lowest BCUT2D eigenvalue weighted by atomic mass is 9.86. The second-order valence-corrected chi connectivity index (χ2v) is 7.91. The molecule has 0 aromatic carbocycles. The Kier molecular flexibility index (Phi) is 3.87. The van der Waals surface area contributed by atoms with Crippen LogP contribution in [0.2, 0.25) is 0 Å². The van der Waals surface area contributed by atoms with Crippen LogP contribution in [0.15, 0.2) is 0 Å². The summed E-state index contributed by atoms with van der Waals surface area (Å²) in [4.78, 5) is 29.2. The third-order valence-electron chi connectivity index (χ3n) is 6.57. The van der Waals surface area contributed by atoms with Crippen molar-refractivity contribution in [1.29, 1.82) is 0 Å². The SMILES string of the molecule is O=C1CCCN1C[C@H]1CCCCN1C(=O)[C@H]1C[C@H]2CC[C@H]1C2. The van der Waals surface area contributed by atoms with E-state index in [-0.39, 0.29) is 11.9 Å². The van der Waals surface area contributed by atoms with Gasteiger partial charge < -0.3 is 9.80 Å². The molecule has 2 bridgehead atoms. The van der Waals surface area contributed by atoms with Crippen LogP contribution < -0.4 is 0 Å². The zero-order valence-electron chi connectivity index (χ0n) is 13.5. The lowest BCUT2D eigenvalue weighted by molar-refractivity contribution is -0.143. The minimum Gasteiger partial charge on any atom is -0.341 e. The first-order chi connectivity index (χ1) is 10.7. The fourth-order valence-corrected chi connectivity index (χ4v) is 5.39. The fraction of sp³-hybridized carbons (Fsp3) is 0.889. The summed E-state index contributed by atoms with van der Waals surface area (Å²) < 4.78 is 0. The molecule has 4 fully saturated rings. The number of piperidine rings is 1. The van der Waals surface area contributed by atoms with Crippen LogP contribution in [0.5, 0.6) is 0 Å². The quantitative estimate of drug-likeness (QED) is 0.803. The van der Waals surface area contributed by atoms with Crippen molar-refractivity contribution in [1.82, 2.24) is 9.80 Å². The maximum Gasteiger partial charge on any atom is 0.226 e. The highest BCUT2D eigenvalue weighted by molar-refractivity contribution is 5.81. The van der Waals surface area contributed by atoms with Gasteiger partial charge in [0.15, 0.2) is 0 Å². The van der Waals surface area contributed by atoms with Crippen LogP contribution in [0.4, 0.5) is 0 Å². The molecule has 4 rings (SSSR count). The largest absolute Gasteiger partial charge is 0.341 e. The van der Waals surface area contributed by atoms with Crippen LogP contribution in [0.25, 0.3) is 0 Å². The summed E-state index contributed by atoms with van der Waals surface area (Å²) in [7, 11) is 0. The van der Waals surface area contributed by atoms with Crippen molar-refractivity contribution in [2.24, 2.45) is 17.8 Å². The summed E-state index contributed by atoms with van der Waals surface area (Å²) >= 11 is 0. The predicted molar refractivity (Wildman–Crippen MR) is 84.1 cm³/mol. The molecule has 22 heavy (non-hydrogen) atoms. The molecule has 2 amide bonds. The van der Waals surface area contributed by atoms with E-state index >= 15 is 0 Å². The molecule has 4 nitrogen and oxygen atoms in total. The molecule has 2 saturated carbocycles. The zero-order valence-corrected chi connectivity index (χ0v) is 13.5. The van der Waals surface area contributed by atoms with E-state index in [9.17, 15) is 9.59 Å². The Morgan fingerprint density at radius 1 is 1.05 bits per heavy atom. The summed E-state index contributed by atoms with van der Waals surface area (Å²) in [5.41, 5.74) is 0. The average Bonchev–Trinajstić information content (AvgIpc) is 3.25. The first-order valence-electron chi connectivity index (χ1n) is 9.30. The molecule has 0 aromatic rings.